The van der Waals surface area contributed by atoms with E-state index in [-0.39, 0.29) is 18.5 Å². The van der Waals surface area contributed by atoms with Crippen molar-refractivity contribution in [3.8, 4) is 5.75 Å². The lowest BCUT2D eigenvalue weighted by Crippen LogP contribution is -2.15. The molecule has 0 aromatic heterocycles. The Morgan fingerprint density at radius 1 is 1.29 bits per heavy atom. The quantitative estimate of drug-likeness (QED) is 0.851. The smallest absolute Gasteiger partial charge is 0.133 e. The summed E-state index contributed by atoms with van der Waals surface area (Å²) >= 11 is 3.42. The number of methoxy groups -OCH3 is 1. The number of anilines is 1. The van der Waals surface area contributed by atoms with Crippen LogP contribution < -0.4 is 10.1 Å². The number of nitrogens with one attached hydrogen (secondary N) is 1. The molecule has 0 saturated heterocycles. The van der Waals surface area contributed by atoms with Gasteiger partial charge in [-0.3, -0.25) is 0 Å². The molecule has 1 atom stereocenters. The van der Waals surface area contributed by atoms with Crippen molar-refractivity contribution >= 4 is 21.6 Å². The first-order chi connectivity index (χ1) is 10.0. The summed E-state index contributed by atoms with van der Waals surface area (Å²) in [6.45, 7) is 1.72. The second-order valence-electron chi connectivity index (χ2n) is 4.79. The van der Waals surface area contributed by atoms with Crippen LogP contribution in [0.1, 0.15) is 17.2 Å². The van der Waals surface area contributed by atoms with E-state index in [1.807, 2.05) is 31.2 Å². The number of benzene rings is 2. The Kier molecular flexibility index (Phi) is 5.20. The largest absolute Gasteiger partial charge is 0.496 e. The zero-order valence-electron chi connectivity index (χ0n) is 11.9. The van der Waals surface area contributed by atoms with Crippen molar-refractivity contribution in [3.63, 3.8) is 0 Å². The van der Waals surface area contributed by atoms with Crippen molar-refractivity contribution in [3.05, 3.63) is 57.8 Å². The van der Waals surface area contributed by atoms with E-state index in [2.05, 4.69) is 21.2 Å². The van der Waals surface area contributed by atoms with Gasteiger partial charge in [0.25, 0.3) is 0 Å². The maximum absolute atomic E-state index is 13.4. The molecule has 0 fully saturated rings. The lowest BCUT2D eigenvalue weighted by molar-refractivity contribution is 0.276. The number of hydrogen-bond acceptors (Lipinski definition) is 3. The molecule has 2 rings (SSSR count). The van der Waals surface area contributed by atoms with Gasteiger partial charge in [-0.15, -0.1) is 0 Å². The number of hydrogen-bond donors (Lipinski definition) is 2. The molecule has 0 aliphatic carbocycles. The van der Waals surface area contributed by atoms with E-state index >= 15 is 0 Å². The molecular formula is C16H17BrFNO2. The minimum atomic E-state index is -0.326. The summed E-state index contributed by atoms with van der Waals surface area (Å²) in [6.07, 6.45) is 0. The van der Waals surface area contributed by atoms with Crippen LogP contribution in [-0.2, 0) is 0 Å². The maximum atomic E-state index is 13.4. The first kappa shape index (κ1) is 15.8. The molecule has 0 aliphatic heterocycles. The molecule has 1 unspecified atom stereocenters. The molecule has 5 heteroatoms. The first-order valence-corrected chi connectivity index (χ1v) is 7.31. The highest BCUT2D eigenvalue weighted by atomic mass is 79.9. The molecule has 112 valence electrons. The number of aliphatic hydroxyl groups excluding tert-OH is 1. The van der Waals surface area contributed by atoms with Gasteiger partial charge in [0.2, 0.25) is 0 Å². The summed E-state index contributed by atoms with van der Waals surface area (Å²) in [5.41, 5.74) is 2.34. The molecule has 2 aromatic carbocycles. The molecule has 0 spiro atoms. The van der Waals surface area contributed by atoms with Gasteiger partial charge in [-0.25, -0.2) is 4.39 Å². The summed E-state index contributed by atoms with van der Waals surface area (Å²) in [6, 6.07) is 9.94. The van der Waals surface area contributed by atoms with Gasteiger partial charge in [0.1, 0.15) is 11.6 Å². The zero-order valence-corrected chi connectivity index (χ0v) is 13.4. The molecule has 0 heterocycles. The fraction of sp³-hybridized carbons (Fsp3) is 0.250. The molecule has 21 heavy (non-hydrogen) atoms. The van der Waals surface area contributed by atoms with Crippen LogP contribution in [0, 0.1) is 12.7 Å². The first-order valence-electron chi connectivity index (χ1n) is 6.51. The van der Waals surface area contributed by atoms with Gasteiger partial charge >= 0.3 is 0 Å². The van der Waals surface area contributed by atoms with E-state index in [9.17, 15) is 9.50 Å². The Morgan fingerprint density at radius 2 is 2.05 bits per heavy atom. The van der Waals surface area contributed by atoms with E-state index in [0.717, 1.165) is 21.3 Å². The Labute approximate surface area is 131 Å². The van der Waals surface area contributed by atoms with Crippen LogP contribution in [0.15, 0.2) is 40.9 Å². The topological polar surface area (TPSA) is 41.5 Å². The minimum Gasteiger partial charge on any atom is -0.496 e. The summed E-state index contributed by atoms with van der Waals surface area (Å²) < 4.78 is 19.4. The molecular weight excluding hydrogens is 337 g/mol. The summed E-state index contributed by atoms with van der Waals surface area (Å²) in [7, 11) is 1.59. The van der Waals surface area contributed by atoms with E-state index in [1.165, 1.54) is 12.1 Å². The predicted octanol–water partition coefficient (Wildman–Crippen LogP) is 4.05. The van der Waals surface area contributed by atoms with E-state index < -0.39 is 0 Å². The number of ether oxygens (including phenoxy) is 1. The fourth-order valence-electron chi connectivity index (χ4n) is 2.15. The normalized spacial score (nSPS) is 12.0. The molecule has 3 nitrogen and oxygen atoms in total. The standard InChI is InChI=1S/C16H17BrFNO2/c1-10-5-12(18)8-13(6-10)19-15(9-20)11-3-4-16(21-2)14(17)7-11/h3-8,15,19-20H,9H2,1-2H3. The third kappa shape index (κ3) is 3.95. The number of aryl methyl sites for hydroxylation is 1. The van der Waals surface area contributed by atoms with Crippen molar-refractivity contribution in [2.24, 2.45) is 0 Å². The minimum absolute atomic E-state index is 0.103. The highest BCUT2D eigenvalue weighted by molar-refractivity contribution is 9.10. The predicted molar refractivity (Wildman–Crippen MR) is 85.3 cm³/mol. The lowest BCUT2D eigenvalue weighted by Gasteiger charge is -2.19. The van der Waals surface area contributed by atoms with E-state index in [0.29, 0.717) is 5.69 Å². The average molecular weight is 354 g/mol. The van der Waals surface area contributed by atoms with Crippen molar-refractivity contribution in [2.75, 3.05) is 19.0 Å². The van der Waals surface area contributed by atoms with Crippen molar-refractivity contribution in [1.82, 2.24) is 0 Å². The lowest BCUT2D eigenvalue weighted by atomic mass is 10.1. The van der Waals surface area contributed by atoms with Crippen molar-refractivity contribution in [2.45, 2.75) is 13.0 Å². The van der Waals surface area contributed by atoms with Gasteiger partial charge in [0.15, 0.2) is 0 Å². The Hall–Kier alpha value is -1.59. The van der Waals surface area contributed by atoms with Crippen LogP contribution in [-0.4, -0.2) is 18.8 Å². The Morgan fingerprint density at radius 3 is 2.62 bits per heavy atom. The summed E-state index contributed by atoms with van der Waals surface area (Å²) in [5, 5.41) is 12.7. The third-order valence-electron chi connectivity index (χ3n) is 3.14. The molecule has 0 bridgehead atoms. The average Bonchev–Trinajstić information content (AvgIpc) is 2.43. The molecule has 0 amide bonds. The molecule has 0 radical (unpaired) electrons. The third-order valence-corrected chi connectivity index (χ3v) is 3.76. The van der Waals surface area contributed by atoms with E-state index in [4.69, 9.17) is 4.74 Å². The summed E-state index contributed by atoms with van der Waals surface area (Å²) in [4.78, 5) is 0. The number of aliphatic hydroxyl groups is 1. The zero-order chi connectivity index (χ0) is 15.4. The van der Waals surface area contributed by atoms with E-state index in [1.54, 1.807) is 7.11 Å². The van der Waals surface area contributed by atoms with Crippen LogP contribution in [0.2, 0.25) is 0 Å². The van der Waals surface area contributed by atoms with Gasteiger partial charge in [-0.1, -0.05) is 6.07 Å². The van der Waals surface area contributed by atoms with Crippen LogP contribution in [0.3, 0.4) is 0 Å². The van der Waals surface area contributed by atoms with Gasteiger partial charge in [0, 0.05) is 5.69 Å². The SMILES string of the molecule is COc1ccc(C(CO)Nc2cc(C)cc(F)c2)cc1Br. The van der Waals surface area contributed by atoms with Crippen molar-refractivity contribution < 1.29 is 14.2 Å². The highest BCUT2D eigenvalue weighted by Gasteiger charge is 2.13. The number of halogens is 2. The van der Waals surface area contributed by atoms with Gasteiger partial charge in [-0.05, 0) is 64.3 Å². The van der Waals surface area contributed by atoms with Gasteiger partial charge < -0.3 is 15.2 Å². The second kappa shape index (κ2) is 6.91. The van der Waals surface area contributed by atoms with Crippen molar-refractivity contribution in [1.29, 1.82) is 0 Å². The Balaban J connectivity index is 2.25. The maximum Gasteiger partial charge on any atom is 0.133 e. The number of rotatable bonds is 5. The van der Waals surface area contributed by atoms with Crippen LogP contribution in [0.25, 0.3) is 0 Å². The molecule has 2 N–H and O–H groups in total. The molecule has 0 saturated carbocycles. The monoisotopic (exact) mass is 353 g/mol. The fourth-order valence-corrected chi connectivity index (χ4v) is 2.71. The Bertz CT molecular complexity index is 613. The second-order valence-corrected chi connectivity index (χ2v) is 5.65. The molecule has 2 aromatic rings. The van der Waals surface area contributed by atoms with Gasteiger partial charge in [0.05, 0.1) is 24.2 Å². The molecule has 0 aliphatic rings. The van der Waals surface area contributed by atoms with Gasteiger partial charge in [-0.2, -0.15) is 0 Å². The highest BCUT2D eigenvalue weighted by Crippen LogP contribution is 2.29. The van der Waals surface area contributed by atoms with Crippen LogP contribution in [0.5, 0.6) is 5.75 Å². The van der Waals surface area contributed by atoms with Crippen LogP contribution in [0.4, 0.5) is 10.1 Å². The van der Waals surface area contributed by atoms with Crippen LogP contribution >= 0.6 is 15.9 Å². The summed E-state index contributed by atoms with van der Waals surface area (Å²) in [5.74, 6) is 0.419.